The molecule has 0 aromatic heterocycles. The van der Waals surface area contributed by atoms with Crippen LogP contribution >= 0.6 is 0 Å². The molecule has 0 heterocycles. The van der Waals surface area contributed by atoms with Gasteiger partial charge in [0.05, 0.1) is 0 Å². The summed E-state index contributed by atoms with van der Waals surface area (Å²) in [6.45, 7) is 7.07. The smallest absolute Gasteiger partial charge is 0.308 e. The highest BCUT2D eigenvalue weighted by Gasteiger charge is 2.28. The Hall–Kier alpha value is -4.91. The lowest BCUT2D eigenvalue weighted by atomic mass is 9.94. The van der Waals surface area contributed by atoms with E-state index in [-0.39, 0.29) is 17.4 Å². The average molecular weight is 566 g/mol. The van der Waals surface area contributed by atoms with Crippen LogP contribution in [0.15, 0.2) is 91.0 Å². The minimum absolute atomic E-state index is 0.0998. The second-order valence-corrected chi connectivity index (χ2v) is 9.82. The topological polar surface area (TPSA) is 82.1 Å². The predicted molar refractivity (Wildman–Crippen MR) is 161 cm³/mol. The number of carbonyl (C=O) groups is 3. The molecule has 0 aliphatic heterocycles. The molecule has 7 heteroatoms. The van der Waals surface area contributed by atoms with Crippen LogP contribution in [0.3, 0.4) is 0 Å². The molecular formula is C35H35NO6. The molecule has 42 heavy (non-hydrogen) atoms. The van der Waals surface area contributed by atoms with E-state index in [1.165, 1.54) is 13.8 Å². The number of amides is 1. The quantitative estimate of drug-likeness (QED) is 0.140. The summed E-state index contributed by atoms with van der Waals surface area (Å²) in [5.41, 5.74) is 3.58. The van der Waals surface area contributed by atoms with E-state index in [2.05, 4.69) is 0 Å². The minimum Gasteiger partial charge on any atom is -0.457 e. The summed E-state index contributed by atoms with van der Waals surface area (Å²) in [4.78, 5) is 40.1. The van der Waals surface area contributed by atoms with Crippen molar-refractivity contribution < 1.29 is 28.6 Å². The molecule has 0 aliphatic carbocycles. The Balaban J connectivity index is 1.73. The number of nitrogens with zero attached hydrogens (tertiary/aromatic N) is 1. The zero-order valence-corrected chi connectivity index (χ0v) is 24.4. The van der Waals surface area contributed by atoms with Crippen LogP contribution in [0.4, 0.5) is 0 Å². The van der Waals surface area contributed by atoms with Crippen LogP contribution in [-0.2, 0) is 35.5 Å². The Bertz CT molecular complexity index is 1530. The molecule has 4 rings (SSSR count). The number of aryl methyl sites for hydroxylation is 1. The van der Waals surface area contributed by atoms with Gasteiger partial charge in [-0.2, -0.15) is 0 Å². The predicted octanol–water partition coefficient (Wildman–Crippen LogP) is 7.30. The van der Waals surface area contributed by atoms with Crippen molar-refractivity contribution in [2.45, 2.75) is 53.6 Å². The molecule has 0 N–H and O–H groups in total. The van der Waals surface area contributed by atoms with E-state index < -0.39 is 11.9 Å². The van der Waals surface area contributed by atoms with Gasteiger partial charge in [0.25, 0.3) is 5.91 Å². The van der Waals surface area contributed by atoms with Gasteiger partial charge in [-0.05, 0) is 59.9 Å². The van der Waals surface area contributed by atoms with E-state index in [9.17, 15) is 14.4 Å². The Kier molecular flexibility index (Phi) is 10.1. The molecule has 0 radical (unpaired) electrons. The number of para-hydroxylation sites is 1. The van der Waals surface area contributed by atoms with Gasteiger partial charge in [0, 0.05) is 38.1 Å². The molecule has 0 saturated heterocycles. The number of carbonyl (C=O) groups excluding carboxylic acids is 3. The lowest BCUT2D eigenvalue weighted by Crippen LogP contribution is -2.32. The van der Waals surface area contributed by atoms with Crippen LogP contribution < -0.4 is 14.2 Å². The summed E-state index contributed by atoms with van der Waals surface area (Å²) in [5, 5.41) is 0. The lowest BCUT2D eigenvalue weighted by molar-refractivity contribution is -0.134. The molecule has 0 saturated carbocycles. The Labute approximate surface area is 246 Å². The Morgan fingerprint density at radius 1 is 0.667 bits per heavy atom. The number of ether oxygens (including phenoxy) is 3. The van der Waals surface area contributed by atoms with Crippen molar-refractivity contribution >= 4 is 17.8 Å². The van der Waals surface area contributed by atoms with E-state index in [0.29, 0.717) is 48.4 Å². The molecule has 0 unspecified atom stereocenters. The van der Waals surface area contributed by atoms with Gasteiger partial charge in [-0.3, -0.25) is 14.4 Å². The van der Waals surface area contributed by atoms with Crippen LogP contribution in [-0.4, -0.2) is 22.7 Å². The SMILES string of the molecule is CCc1cc(OC(C)=O)c(OC(C)=O)c(CC)c1C(=O)N(Cc1ccccc1)Cc1ccc(Oc2ccccc2)cc1. The van der Waals surface area contributed by atoms with E-state index in [0.717, 1.165) is 16.9 Å². The van der Waals surface area contributed by atoms with Gasteiger partial charge in [-0.25, -0.2) is 0 Å². The van der Waals surface area contributed by atoms with Gasteiger partial charge in [0.2, 0.25) is 0 Å². The standard InChI is InChI=1S/C35H35NO6/c1-5-28-21-32(40-24(3)37)34(41-25(4)38)31(6-2)33(28)35(39)36(22-26-13-9-7-10-14-26)23-27-17-19-30(20-18-27)42-29-15-11-8-12-16-29/h7-21H,5-6,22-23H2,1-4H3. The van der Waals surface area contributed by atoms with Gasteiger partial charge in [-0.1, -0.05) is 74.5 Å². The highest BCUT2D eigenvalue weighted by Crippen LogP contribution is 2.38. The monoisotopic (exact) mass is 565 g/mol. The second kappa shape index (κ2) is 14.1. The van der Waals surface area contributed by atoms with Crippen molar-refractivity contribution in [3.8, 4) is 23.0 Å². The molecule has 4 aromatic rings. The van der Waals surface area contributed by atoms with E-state index in [1.807, 2.05) is 98.8 Å². The zero-order chi connectivity index (χ0) is 30.1. The fraction of sp³-hybridized carbons (Fsp3) is 0.229. The van der Waals surface area contributed by atoms with Crippen molar-refractivity contribution in [2.24, 2.45) is 0 Å². The highest BCUT2D eigenvalue weighted by atomic mass is 16.6. The van der Waals surface area contributed by atoms with Crippen molar-refractivity contribution in [1.82, 2.24) is 4.90 Å². The van der Waals surface area contributed by atoms with E-state index in [4.69, 9.17) is 14.2 Å². The Morgan fingerprint density at radius 2 is 1.21 bits per heavy atom. The van der Waals surface area contributed by atoms with Crippen molar-refractivity contribution in [2.75, 3.05) is 0 Å². The van der Waals surface area contributed by atoms with Gasteiger partial charge < -0.3 is 19.1 Å². The maximum absolute atomic E-state index is 14.4. The lowest BCUT2D eigenvalue weighted by Gasteiger charge is -2.27. The highest BCUT2D eigenvalue weighted by molar-refractivity contribution is 5.99. The maximum Gasteiger partial charge on any atom is 0.308 e. The van der Waals surface area contributed by atoms with Gasteiger partial charge in [0.1, 0.15) is 11.5 Å². The van der Waals surface area contributed by atoms with Gasteiger partial charge in [-0.15, -0.1) is 0 Å². The molecule has 0 aliphatic rings. The third-order valence-electron chi connectivity index (χ3n) is 6.65. The molecule has 0 fully saturated rings. The third kappa shape index (κ3) is 7.63. The molecule has 216 valence electrons. The largest absolute Gasteiger partial charge is 0.457 e. The summed E-state index contributed by atoms with van der Waals surface area (Å²) in [6, 6.07) is 28.6. The summed E-state index contributed by atoms with van der Waals surface area (Å²) in [7, 11) is 0. The fourth-order valence-electron chi connectivity index (χ4n) is 4.79. The van der Waals surface area contributed by atoms with Crippen LogP contribution in [0.25, 0.3) is 0 Å². The van der Waals surface area contributed by atoms with Crippen molar-refractivity contribution in [3.63, 3.8) is 0 Å². The molecule has 0 bridgehead atoms. The first-order valence-corrected chi connectivity index (χ1v) is 14.0. The van der Waals surface area contributed by atoms with Crippen molar-refractivity contribution in [1.29, 1.82) is 0 Å². The van der Waals surface area contributed by atoms with Crippen molar-refractivity contribution in [3.05, 3.63) is 119 Å². The fourth-order valence-corrected chi connectivity index (χ4v) is 4.79. The van der Waals surface area contributed by atoms with E-state index in [1.54, 1.807) is 11.0 Å². The molecule has 4 aromatic carbocycles. The van der Waals surface area contributed by atoms with Crippen LogP contribution in [0.2, 0.25) is 0 Å². The van der Waals surface area contributed by atoms with Crippen LogP contribution in [0.1, 0.15) is 60.3 Å². The molecule has 1 amide bonds. The third-order valence-corrected chi connectivity index (χ3v) is 6.65. The number of hydrogen-bond donors (Lipinski definition) is 0. The number of hydrogen-bond acceptors (Lipinski definition) is 6. The van der Waals surface area contributed by atoms with Gasteiger partial charge >= 0.3 is 11.9 Å². The maximum atomic E-state index is 14.4. The number of rotatable bonds is 11. The normalized spacial score (nSPS) is 10.6. The first-order chi connectivity index (χ1) is 20.3. The first-order valence-electron chi connectivity index (χ1n) is 14.0. The number of benzene rings is 4. The Morgan fingerprint density at radius 3 is 1.76 bits per heavy atom. The first kappa shape index (κ1) is 30.1. The van der Waals surface area contributed by atoms with Gasteiger partial charge in [0.15, 0.2) is 11.5 Å². The summed E-state index contributed by atoms with van der Waals surface area (Å²) in [5.74, 6) is 0.344. The van der Waals surface area contributed by atoms with Crippen LogP contribution in [0.5, 0.6) is 23.0 Å². The minimum atomic E-state index is -0.570. The average Bonchev–Trinajstić information content (AvgIpc) is 2.98. The molecule has 0 atom stereocenters. The zero-order valence-electron chi connectivity index (χ0n) is 24.4. The second-order valence-electron chi connectivity index (χ2n) is 9.82. The molecule has 7 nitrogen and oxygen atoms in total. The summed E-state index contributed by atoms with van der Waals surface area (Å²) < 4.78 is 16.9. The van der Waals surface area contributed by atoms with E-state index >= 15 is 0 Å². The molecule has 0 spiro atoms. The number of esters is 2. The molecular weight excluding hydrogens is 530 g/mol. The summed E-state index contributed by atoms with van der Waals surface area (Å²) >= 11 is 0. The summed E-state index contributed by atoms with van der Waals surface area (Å²) in [6.07, 6.45) is 0.893. The van der Waals surface area contributed by atoms with Crippen LogP contribution in [0, 0.1) is 0 Å².